The van der Waals surface area contributed by atoms with Gasteiger partial charge in [0.2, 0.25) is 11.1 Å². The summed E-state index contributed by atoms with van der Waals surface area (Å²) in [5, 5.41) is 12.3. The first-order valence-corrected chi connectivity index (χ1v) is 11.0. The van der Waals surface area contributed by atoms with Crippen molar-refractivity contribution in [1.82, 2.24) is 14.9 Å². The number of nitrogens with zero attached hydrogens (tertiary/aromatic N) is 3. The fourth-order valence-corrected chi connectivity index (χ4v) is 4.77. The first-order valence-electron chi connectivity index (χ1n) is 9.75. The van der Waals surface area contributed by atoms with Crippen LogP contribution in [0.3, 0.4) is 0 Å². The van der Waals surface area contributed by atoms with Gasteiger partial charge in [0.15, 0.2) is 5.82 Å². The minimum atomic E-state index is -0.473. The number of carbonyl (C=O) groups excluding carboxylic acids is 1. The van der Waals surface area contributed by atoms with E-state index in [1.54, 1.807) is 12.1 Å². The molecule has 0 radical (unpaired) electrons. The van der Waals surface area contributed by atoms with Gasteiger partial charge in [0.05, 0.1) is 16.8 Å². The Bertz CT molecular complexity index is 1220. The number of thioether (sulfide) groups is 1. The molecule has 31 heavy (non-hydrogen) atoms. The van der Waals surface area contributed by atoms with Gasteiger partial charge in [0.1, 0.15) is 5.25 Å². The number of benzene rings is 3. The smallest absolute Gasteiger partial charge is 0.240 e. The molecule has 2 heterocycles. The normalized spacial score (nSPS) is 17.5. The Balaban J connectivity index is 1.51. The van der Waals surface area contributed by atoms with Crippen LogP contribution in [-0.4, -0.2) is 26.0 Å². The molecule has 2 atom stereocenters. The summed E-state index contributed by atoms with van der Waals surface area (Å²) >= 11 is 7.63. The van der Waals surface area contributed by atoms with Crippen molar-refractivity contribution in [3.63, 3.8) is 0 Å². The van der Waals surface area contributed by atoms with E-state index in [2.05, 4.69) is 20.9 Å². The highest BCUT2D eigenvalue weighted by Crippen LogP contribution is 2.39. The third-order valence-corrected chi connectivity index (χ3v) is 6.56. The topological polar surface area (TPSA) is 71.8 Å². The number of anilines is 1. The van der Waals surface area contributed by atoms with Gasteiger partial charge in [-0.25, -0.2) is 4.68 Å². The molecule has 0 unspecified atom stereocenters. The van der Waals surface area contributed by atoms with Gasteiger partial charge < -0.3 is 10.7 Å². The second kappa shape index (κ2) is 8.45. The minimum Gasteiger partial charge on any atom is -0.324 e. The molecule has 0 saturated carbocycles. The Morgan fingerprint density at radius 3 is 2.35 bits per heavy atom. The largest absolute Gasteiger partial charge is 0.324 e. The lowest BCUT2D eigenvalue weighted by molar-refractivity contribution is -0.116. The van der Waals surface area contributed by atoms with Gasteiger partial charge in [-0.15, -0.1) is 10.2 Å². The standard InChI is InChI=1S/C23H18ClN5OS/c24-17-13-7-8-14-18(17)25-22(30)20-19(15-9-3-1-4-10-15)28-29-21(26-27-23(29)31-20)16-11-5-2-6-12-16/h1-14,19-20,28H,(H,25,30)/t19-,20-/m1/s1. The fourth-order valence-electron chi connectivity index (χ4n) is 3.51. The molecule has 1 aromatic heterocycles. The predicted molar refractivity (Wildman–Crippen MR) is 124 cm³/mol. The van der Waals surface area contributed by atoms with Crippen LogP contribution in [0, 0.1) is 0 Å². The van der Waals surface area contributed by atoms with E-state index in [0.717, 1.165) is 11.1 Å². The van der Waals surface area contributed by atoms with Gasteiger partial charge in [-0.1, -0.05) is 96.2 Å². The average molecular weight is 448 g/mol. The van der Waals surface area contributed by atoms with Gasteiger partial charge in [-0.05, 0) is 17.7 Å². The van der Waals surface area contributed by atoms with Crippen LogP contribution in [0.4, 0.5) is 5.69 Å². The van der Waals surface area contributed by atoms with Gasteiger partial charge in [-0.3, -0.25) is 4.79 Å². The third kappa shape index (κ3) is 3.89. The molecule has 0 fully saturated rings. The van der Waals surface area contributed by atoms with Crippen LogP contribution in [0.15, 0.2) is 90.1 Å². The Hall–Kier alpha value is -3.29. The second-order valence-corrected chi connectivity index (χ2v) is 8.55. The molecule has 2 N–H and O–H groups in total. The number of amides is 1. The van der Waals surface area contributed by atoms with E-state index in [1.807, 2.05) is 77.5 Å². The number of hydrogen-bond donors (Lipinski definition) is 2. The molecule has 1 aliphatic heterocycles. The lowest BCUT2D eigenvalue weighted by Gasteiger charge is -2.33. The average Bonchev–Trinajstić information content (AvgIpc) is 3.24. The van der Waals surface area contributed by atoms with Crippen molar-refractivity contribution in [3.05, 3.63) is 95.5 Å². The fraction of sp³-hybridized carbons (Fsp3) is 0.0870. The molecule has 154 valence electrons. The lowest BCUT2D eigenvalue weighted by atomic mass is 10.0. The number of carbonyl (C=O) groups is 1. The van der Waals surface area contributed by atoms with E-state index in [9.17, 15) is 4.79 Å². The summed E-state index contributed by atoms with van der Waals surface area (Å²) in [6, 6.07) is 26.7. The molecule has 0 aliphatic carbocycles. The Kier molecular flexibility index (Phi) is 5.36. The zero-order chi connectivity index (χ0) is 21.2. The molecule has 4 aromatic rings. The minimum absolute atomic E-state index is 0.157. The molecule has 0 spiro atoms. The molecule has 3 aromatic carbocycles. The van der Waals surface area contributed by atoms with Crippen LogP contribution >= 0.6 is 23.4 Å². The van der Waals surface area contributed by atoms with Crippen LogP contribution < -0.4 is 10.7 Å². The van der Waals surface area contributed by atoms with E-state index in [4.69, 9.17) is 11.6 Å². The molecule has 6 nitrogen and oxygen atoms in total. The maximum absolute atomic E-state index is 13.3. The van der Waals surface area contributed by atoms with E-state index >= 15 is 0 Å². The number of halogens is 1. The van der Waals surface area contributed by atoms with Crippen molar-refractivity contribution < 1.29 is 4.79 Å². The highest BCUT2D eigenvalue weighted by Gasteiger charge is 2.38. The lowest BCUT2D eigenvalue weighted by Crippen LogP contribution is -2.41. The SMILES string of the molecule is O=C(Nc1ccccc1Cl)[C@@H]1Sc2nnc(-c3ccccc3)n2N[C@@H]1c1ccccc1. The van der Waals surface area contributed by atoms with Crippen LogP contribution in [0.5, 0.6) is 0 Å². The molecule has 5 rings (SSSR count). The maximum Gasteiger partial charge on any atom is 0.240 e. The van der Waals surface area contributed by atoms with Crippen molar-refractivity contribution in [2.24, 2.45) is 0 Å². The third-order valence-electron chi connectivity index (χ3n) is 5.02. The monoisotopic (exact) mass is 447 g/mol. The van der Waals surface area contributed by atoms with Crippen molar-refractivity contribution >= 4 is 35.0 Å². The van der Waals surface area contributed by atoms with Gasteiger partial charge in [0, 0.05) is 5.56 Å². The van der Waals surface area contributed by atoms with Crippen LogP contribution in [0.1, 0.15) is 11.6 Å². The quantitative estimate of drug-likeness (QED) is 0.460. The Morgan fingerprint density at radius 1 is 0.935 bits per heavy atom. The Labute approximate surface area is 188 Å². The number of hydrogen-bond acceptors (Lipinski definition) is 5. The highest BCUT2D eigenvalue weighted by molar-refractivity contribution is 8.00. The molecule has 1 aliphatic rings. The van der Waals surface area contributed by atoms with Crippen LogP contribution in [0.2, 0.25) is 5.02 Å². The molecular formula is C23H18ClN5OS. The first kappa shape index (κ1) is 19.7. The van der Waals surface area contributed by atoms with Crippen molar-refractivity contribution in [2.45, 2.75) is 16.4 Å². The van der Waals surface area contributed by atoms with Crippen molar-refractivity contribution in [1.29, 1.82) is 0 Å². The van der Waals surface area contributed by atoms with E-state index in [0.29, 0.717) is 21.7 Å². The van der Waals surface area contributed by atoms with E-state index < -0.39 is 5.25 Å². The summed E-state index contributed by atoms with van der Waals surface area (Å²) in [6.45, 7) is 0. The zero-order valence-corrected chi connectivity index (χ0v) is 17.8. The summed E-state index contributed by atoms with van der Waals surface area (Å²) in [6.07, 6.45) is 0. The first-order chi connectivity index (χ1) is 15.2. The summed E-state index contributed by atoms with van der Waals surface area (Å²) in [4.78, 5) is 13.3. The number of nitrogens with one attached hydrogen (secondary N) is 2. The number of fused-ring (bicyclic) bond motifs is 1. The number of para-hydroxylation sites is 1. The van der Waals surface area contributed by atoms with Gasteiger partial charge >= 0.3 is 0 Å². The maximum atomic E-state index is 13.3. The number of rotatable bonds is 4. The molecule has 1 amide bonds. The number of aromatic nitrogens is 3. The van der Waals surface area contributed by atoms with Gasteiger partial charge in [0.25, 0.3) is 0 Å². The van der Waals surface area contributed by atoms with E-state index in [1.165, 1.54) is 11.8 Å². The molecule has 0 saturated heterocycles. The van der Waals surface area contributed by atoms with Crippen LogP contribution in [0.25, 0.3) is 11.4 Å². The van der Waals surface area contributed by atoms with Crippen LogP contribution in [-0.2, 0) is 4.79 Å². The van der Waals surface area contributed by atoms with Gasteiger partial charge in [-0.2, -0.15) is 0 Å². The molecule has 0 bridgehead atoms. The Morgan fingerprint density at radius 2 is 1.61 bits per heavy atom. The summed E-state index contributed by atoms with van der Waals surface area (Å²) in [7, 11) is 0. The van der Waals surface area contributed by atoms with E-state index in [-0.39, 0.29) is 11.9 Å². The van der Waals surface area contributed by atoms with Crippen molar-refractivity contribution in [2.75, 3.05) is 10.7 Å². The predicted octanol–water partition coefficient (Wildman–Crippen LogP) is 5.00. The van der Waals surface area contributed by atoms with Crippen molar-refractivity contribution in [3.8, 4) is 11.4 Å². The second-order valence-electron chi connectivity index (χ2n) is 7.03. The zero-order valence-electron chi connectivity index (χ0n) is 16.3. The summed E-state index contributed by atoms with van der Waals surface area (Å²) < 4.78 is 1.86. The molecule has 8 heteroatoms. The molecular weight excluding hydrogens is 430 g/mol. The highest BCUT2D eigenvalue weighted by atomic mass is 35.5. The summed E-state index contributed by atoms with van der Waals surface area (Å²) in [5.41, 5.74) is 5.99. The summed E-state index contributed by atoms with van der Waals surface area (Å²) in [5.74, 6) is 0.545.